The molecule has 1 aliphatic heterocycles. The monoisotopic (exact) mass is 464 g/mol. The number of aryl methyl sites for hydroxylation is 1. The molecule has 2 heteroatoms. The minimum absolute atomic E-state index is 0.192. The summed E-state index contributed by atoms with van der Waals surface area (Å²) in [7, 11) is 0. The number of hydrogen-bond donors (Lipinski definition) is 2. The number of hydrogen-bond acceptors (Lipinski definition) is 2. The van der Waals surface area contributed by atoms with Gasteiger partial charge >= 0.3 is 0 Å². The fourth-order valence-electron chi connectivity index (χ4n) is 5.71. The van der Waals surface area contributed by atoms with E-state index < -0.39 is 0 Å². The van der Waals surface area contributed by atoms with E-state index in [9.17, 15) is 0 Å². The maximum Gasteiger partial charge on any atom is 0.0991 e. The van der Waals surface area contributed by atoms with E-state index in [1.807, 2.05) is 0 Å². The van der Waals surface area contributed by atoms with Crippen LogP contribution in [0.1, 0.15) is 72.9 Å². The molecule has 2 nitrogen and oxygen atoms in total. The van der Waals surface area contributed by atoms with Crippen LogP contribution in [-0.2, 0) is 6.42 Å². The van der Waals surface area contributed by atoms with Crippen molar-refractivity contribution >= 4 is 11.3 Å². The van der Waals surface area contributed by atoms with E-state index in [0.29, 0.717) is 17.8 Å². The van der Waals surface area contributed by atoms with Crippen molar-refractivity contribution in [3.63, 3.8) is 0 Å². The Kier molecular flexibility index (Phi) is 7.80. The highest BCUT2D eigenvalue weighted by Crippen LogP contribution is 2.40. The van der Waals surface area contributed by atoms with Gasteiger partial charge in [0.2, 0.25) is 0 Å². The summed E-state index contributed by atoms with van der Waals surface area (Å²) in [6, 6.07) is 24.2. The van der Waals surface area contributed by atoms with E-state index in [4.69, 9.17) is 0 Å². The summed E-state index contributed by atoms with van der Waals surface area (Å²) in [5.74, 6) is 1.49. The average molecular weight is 465 g/mol. The van der Waals surface area contributed by atoms with Gasteiger partial charge in [0.15, 0.2) is 0 Å². The lowest BCUT2D eigenvalue weighted by atomic mass is 9.76. The van der Waals surface area contributed by atoms with E-state index in [2.05, 4.69) is 118 Å². The highest BCUT2D eigenvalue weighted by molar-refractivity contribution is 5.79. The number of fused-ring (bicyclic) bond motifs is 3. The number of allylic oxidation sites excluding steroid dienone is 1. The van der Waals surface area contributed by atoms with Crippen LogP contribution in [0.25, 0.3) is 5.57 Å². The molecule has 3 atom stereocenters. The summed E-state index contributed by atoms with van der Waals surface area (Å²) >= 11 is 0. The van der Waals surface area contributed by atoms with Crippen LogP contribution >= 0.6 is 0 Å². The number of anilines is 1. The number of benzene rings is 3. The molecular weight excluding hydrogens is 424 g/mol. The molecule has 5 rings (SSSR count). The van der Waals surface area contributed by atoms with Crippen molar-refractivity contribution in [2.24, 2.45) is 11.8 Å². The minimum Gasteiger partial charge on any atom is -0.372 e. The number of rotatable bonds is 4. The van der Waals surface area contributed by atoms with Crippen LogP contribution in [0.5, 0.6) is 0 Å². The van der Waals surface area contributed by atoms with Crippen LogP contribution < -0.4 is 10.6 Å². The highest BCUT2D eigenvalue weighted by atomic mass is 15.1. The molecule has 1 aliphatic carbocycles. The fraction of sp³-hybridized carbons (Fsp3) is 0.333. The van der Waals surface area contributed by atoms with Gasteiger partial charge in [0.05, 0.1) is 6.17 Å². The topological polar surface area (TPSA) is 24.1 Å². The van der Waals surface area contributed by atoms with E-state index in [1.165, 1.54) is 40.7 Å². The van der Waals surface area contributed by atoms with Crippen LogP contribution in [-0.4, -0.2) is 6.17 Å². The molecule has 0 radical (unpaired) electrons. The first-order valence-electron chi connectivity index (χ1n) is 13.0. The molecule has 35 heavy (non-hydrogen) atoms. The Labute approximate surface area is 212 Å². The van der Waals surface area contributed by atoms with Gasteiger partial charge in [-0.05, 0) is 71.3 Å². The Morgan fingerprint density at radius 1 is 0.943 bits per heavy atom. The summed E-state index contributed by atoms with van der Waals surface area (Å²) in [5, 5.41) is 6.87. The largest absolute Gasteiger partial charge is 0.372 e. The van der Waals surface area contributed by atoms with Crippen LogP contribution in [0, 0.1) is 18.8 Å². The molecule has 3 unspecified atom stereocenters. The standard InChI is InChI=1S/C17H18.C16H22N2/c1-2-7-17-15-10-5-3-8-13(15)12-14-9-4-6-11-16(14)17;1-6-17-16-13(5)11(3)12(4)15-10(2)8-7-9-14(15)18-16/h3-6,8-11,17H,2,7,12H2,1H3;6-9,11,13,16-18H,1,4H2,2-3,5H3. The second-order valence-corrected chi connectivity index (χ2v) is 10.1. The lowest BCUT2D eigenvalue weighted by molar-refractivity contribution is 0.383. The molecule has 0 bridgehead atoms. The van der Waals surface area contributed by atoms with Gasteiger partial charge in [-0.1, -0.05) is 101 Å². The van der Waals surface area contributed by atoms with Gasteiger partial charge in [0.25, 0.3) is 0 Å². The van der Waals surface area contributed by atoms with E-state index in [1.54, 1.807) is 17.3 Å². The lowest BCUT2D eigenvalue weighted by Gasteiger charge is -2.28. The summed E-state index contributed by atoms with van der Waals surface area (Å²) in [4.78, 5) is 0. The first-order valence-corrected chi connectivity index (χ1v) is 13.0. The number of nitrogens with one attached hydrogen (secondary N) is 2. The average Bonchev–Trinajstić information content (AvgIpc) is 2.96. The van der Waals surface area contributed by atoms with E-state index in [0.717, 1.165) is 12.1 Å². The van der Waals surface area contributed by atoms with Crippen molar-refractivity contribution in [3.05, 3.63) is 119 Å². The molecule has 3 aromatic rings. The zero-order valence-electron chi connectivity index (χ0n) is 21.8. The molecule has 1 heterocycles. The molecule has 0 saturated heterocycles. The summed E-state index contributed by atoms with van der Waals surface area (Å²) < 4.78 is 0. The molecule has 2 aliphatic rings. The smallest absolute Gasteiger partial charge is 0.0991 e. The summed E-state index contributed by atoms with van der Waals surface area (Å²) in [6.07, 6.45) is 5.55. The summed E-state index contributed by atoms with van der Waals surface area (Å²) in [6.45, 7) is 17.0. The third-order valence-corrected chi connectivity index (χ3v) is 7.89. The van der Waals surface area contributed by atoms with Crippen molar-refractivity contribution in [2.45, 2.75) is 59.0 Å². The van der Waals surface area contributed by atoms with Gasteiger partial charge in [0, 0.05) is 23.1 Å². The Morgan fingerprint density at radius 3 is 2.17 bits per heavy atom. The molecule has 0 fully saturated rings. The molecule has 3 aromatic carbocycles. The van der Waals surface area contributed by atoms with Gasteiger partial charge < -0.3 is 10.6 Å². The van der Waals surface area contributed by atoms with Crippen LogP contribution in [0.15, 0.2) is 86.1 Å². The predicted molar refractivity (Wildman–Crippen MR) is 152 cm³/mol. The van der Waals surface area contributed by atoms with Gasteiger partial charge in [-0.15, -0.1) is 0 Å². The molecule has 2 N–H and O–H groups in total. The predicted octanol–water partition coefficient (Wildman–Crippen LogP) is 8.29. The quantitative estimate of drug-likeness (QED) is 0.406. The normalized spacial score (nSPS) is 20.7. The SMILES string of the molecule is C=CNC1Nc2cccc(C)c2C(=C)C(C)C1C.CCCC1c2ccccc2Cc2ccccc21. The second kappa shape index (κ2) is 11.0. The lowest BCUT2D eigenvalue weighted by Crippen LogP contribution is -2.40. The van der Waals surface area contributed by atoms with Gasteiger partial charge in [0.1, 0.15) is 0 Å². The third kappa shape index (κ3) is 5.07. The van der Waals surface area contributed by atoms with Crippen LogP contribution in [0.2, 0.25) is 0 Å². The highest BCUT2D eigenvalue weighted by Gasteiger charge is 2.30. The van der Waals surface area contributed by atoms with Gasteiger partial charge in [-0.25, -0.2) is 0 Å². The maximum absolute atomic E-state index is 4.31. The molecule has 182 valence electrons. The van der Waals surface area contributed by atoms with Gasteiger partial charge in [-0.3, -0.25) is 0 Å². The van der Waals surface area contributed by atoms with E-state index in [-0.39, 0.29) is 6.17 Å². The maximum atomic E-state index is 4.31. The minimum atomic E-state index is 0.192. The first kappa shape index (κ1) is 24.9. The van der Waals surface area contributed by atoms with Crippen molar-refractivity contribution < 1.29 is 0 Å². The first-order chi connectivity index (χ1) is 17.0. The summed E-state index contributed by atoms with van der Waals surface area (Å²) in [5.41, 5.74) is 11.1. The zero-order chi connectivity index (χ0) is 24.9. The fourth-order valence-corrected chi connectivity index (χ4v) is 5.71. The Bertz CT molecular complexity index is 1150. The zero-order valence-corrected chi connectivity index (χ0v) is 21.8. The Morgan fingerprint density at radius 2 is 1.57 bits per heavy atom. The Hall–Kier alpha value is -3.26. The molecule has 0 spiro atoms. The molecule has 0 amide bonds. The Balaban J connectivity index is 0.000000165. The van der Waals surface area contributed by atoms with Crippen LogP contribution in [0.3, 0.4) is 0 Å². The van der Waals surface area contributed by atoms with Crippen molar-refractivity contribution in [1.82, 2.24) is 5.32 Å². The molecular formula is C33H40N2. The van der Waals surface area contributed by atoms with Crippen molar-refractivity contribution in [3.8, 4) is 0 Å². The van der Waals surface area contributed by atoms with E-state index >= 15 is 0 Å². The molecule has 0 aromatic heterocycles. The van der Waals surface area contributed by atoms with Crippen LogP contribution in [0.4, 0.5) is 5.69 Å². The molecule has 0 saturated carbocycles. The third-order valence-electron chi connectivity index (χ3n) is 7.89. The second-order valence-electron chi connectivity index (χ2n) is 10.1. The van der Waals surface area contributed by atoms with Crippen molar-refractivity contribution in [1.29, 1.82) is 0 Å². The van der Waals surface area contributed by atoms with Crippen molar-refractivity contribution in [2.75, 3.05) is 5.32 Å². The van der Waals surface area contributed by atoms with Gasteiger partial charge in [-0.2, -0.15) is 0 Å².